The lowest BCUT2D eigenvalue weighted by atomic mass is 9.80. The first-order chi connectivity index (χ1) is 13.3. The maximum absolute atomic E-state index is 12.6. The molecule has 28 heavy (non-hydrogen) atoms. The molecule has 3 rings (SSSR count). The Bertz CT molecular complexity index is 916. The highest BCUT2D eigenvalue weighted by molar-refractivity contribution is 7.89. The van der Waals surface area contributed by atoms with Gasteiger partial charge in [0, 0.05) is 12.2 Å². The van der Waals surface area contributed by atoms with Crippen LogP contribution in [0.4, 0.5) is 5.69 Å². The standard InChI is InChI=1S/C21H26N2O4S/c22-18-7-9-19(10-8-18)28(26,27)23-15-21(11-1-2-12-21)14-17-5-3-16(4-6-17)13-20(24)25/h3-10,23H,1-2,11-15,22H2,(H,24,25). The quantitative estimate of drug-likeness (QED) is 0.588. The summed E-state index contributed by atoms with van der Waals surface area (Å²) < 4.78 is 28.1. The normalized spacial score (nSPS) is 16.1. The maximum atomic E-state index is 12.6. The van der Waals surface area contributed by atoms with Crippen molar-refractivity contribution in [1.82, 2.24) is 4.72 Å². The molecular weight excluding hydrogens is 376 g/mol. The highest BCUT2D eigenvalue weighted by Crippen LogP contribution is 2.40. The van der Waals surface area contributed by atoms with Crippen LogP contribution in [0.3, 0.4) is 0 Å². The van der Waals surface area contributed by atoms with Crippen LogP contribution in [-0.4, -0.2) is 26.0 Å². The van der Waals surface area contributed by atoms with Crippen molar-refractivity contribution in [3.8, 4) is 0 Å². The number of benzene rings is 2. The summed E-state index contributed by atoms with van der Waals surface area (Å²) in [6.45, 7) is 0.386. The maximum Gasteiger partial charge on any atom is 0.307 e. The lowest BCUT2D eigenvalue weighted by Crippen LogP contribution is -2.37. The smallest absolute Gasteiger partial charge is 0.307 e. The molecule has 0 radical (unpaired) electrons. The number of carboxylic acid groups (broad SMARTS) is 1. The van der Waals surface area contributed by atoms with Gasteiger partial charge in [0.05, 0.1) is 11.3 Å². The minimum atomic E-state index is -3.59. The van der Waals surface area contributed by atoms with Crippen LogP contribution in [0.15, 0.2) is 53.4 Å². The van der Waals surface area contributed by atoms with Crippen molar-refractivity contribution in [1.29, 1.82) is 0 Å². The average molecular weight is 403 g/mol. The average Bonchev–Trinajstić information content (AvgIpc) is 3.11. The monoisotopic (exact) mass is 402 g/mol. The van der Waals surface area contributed by atoms with Crippen LogP contribution < -0.4 is 10.5 Å². The van der Waals surface area contributed by atoms with Gasteiger partial charge in [0.1, 0.15) is 0 Å². The SMILES string of the molecule is Nc1ccc(S(=O)(=O)NCC2(Cc3ccc(CC(=O)O)cc3)CCCC2)cc1. The Morgan fingerprint density at radius 1 is 1.00 bits per heavy atom. The first-order valence-electron chi connectivity index (χ1n) is 9.43. The van der Waals surface area contributed by atoms with Crippen molar-refractivity contribution in [2.24, 2.45) is 5.41 Å². The predicted molar refractivity (Wildman–Crippen MR) is 108 cm³/mol. The topological polar surface area (TPSA) is 109 Å². The van der Waals surface area contributed by atoms with E-state index in [1.807, 2.05) is 24.3 Å². The van der Waals surface area contributed by atoms with Gasteiger partial charge in [-0.05, 0) is 60.1 Å². The molecule has 1 fully saturated rings. The van der Waals surface area contributed by atoms with Crippen LogP contribution in [-0.2, 0) is 27.7 Å². The lowest BCUT2D eigenvalue weighted by Gasteiger charge is -2.29. The zero-order chi connectivity index (χ0) is 20.2. The molecule has 1 aliphatic carbocycles. The van der Waals surface area contributed by atoms with E-state index >= 15 is 0 Å². The molecule has 4 N–H and O–H groups in total. The zero-order valence-corrected chi connectivity index (χ0v) is 16.5. The summed E-state index contributed by atoms with van der Waals surface area (Å²) in [5, 5.41) is 8.89. The molecule has 0 spiro atoms. The van der Waals surface area contributed by atoms with Crippen molar-refractivity contribution in [2.45, 2.75) is 43.4 Å². The number of carboxylic acids is 1. The number of sulfonamides is 1. The molecule has 1 saturated carbocycles. The summed E-state index contributed by atoms with van der Waals surface area (Å²) in [5.41, 5.74) is 7.91. The Balaban J connectivity index is 1.70. The molecule has 0 aliphatic heterocycles. The molecule has 150 valence electrons. The fourth-order valence-electron chi connectivity index (χ4n) is 3.90. The number of carbonyl (C=O) groups is 1. The zero-order valence-electron chi connectivity index (χ0n) is 15.7. The van der Waals surface area contributed by atoms with Crippen LogP contribution >= 0.6 is 0 Å². The third-order valence-corrected chi connectivity index (χ3v) is 6.87. The number of nitrogens with two attached hydrogens (primary N) is 1. The summed E-state index contributed by atoms with van der Waals surface area (Å²) in [6, 6.07) is 13.8. The molecule has 0 bridgehead atoms. The van der Waals surface area contributed by atoms with Gasteiger partial charge in [-0.1, -0.05) is 37.1 Å². The Kier molecular flexibility index (Phi) is 6.05. The van der Waals surface area contributed by atoms with Gasteiger partial charge < -0.3 is 10.8 Å². The molecule has 0 unspecified atom stereocenters. The largest absolute Gasteiger partial charge is 0.481 e. The molecule has 0 aromatic heterocycles. The fraction of sp³-hybridized carbons (Fsp3) is 0.381. The molecular formula is C21H26N2O4S. The van der Waals surface area contributed by atoms with Gasteiger partial charge in [-0.25, -0.2) is 13.1 Å². The van der Waals surface area contributed by atoms with Gasteiger partial charge in [0.15, 0.2) is 0 Å². The molecule has 0 amide bonds. The van der Waals surface area contributed by atoms with E-state index in [2.05, 4.69) is 4.72 Å². The number of rotatable bonds is 8. The fourth-order valence-corrected chi connectivity index (χ4v) is 5.06. The van der Waals surface area contributed by atoms with Crippen molar-refractivity contribution in [3.05, 3.63) is 59.7 Å². The van der Waals surface area contributed by atoms with E-state index in [4.69, 9.17) is 10.8 Å². The molecule has 1 aliphatic rings. The number of anilines is 1. The molecule has 0 atom stereocenters. The van der Waals surface area contributed by atoms with Gasteiger partial charge in [0.2, 0.25) is 10.0 Å². The predicted octanol–water partition coefficient (Wildman–Crippen LogP) is 2.98. The third kappa shape index (κ3) is 5.11. The summed E-state index contributed by atoms with van der Waals surface area (Å²) in [4.78, 5) is 11.0. The second-order valence-corrected chi connectivity index (χ2v) is 9.43. The number of aliphatic carboxylic acids is 1. The number of nitrogens with one attached hydrogen (secondary N) is 1. The summed E-state index contributed by atoms with van der Waals surface area (Å²) in [7, 11) is -3.59. The lowest BCUT2D eigenvalue weighted by molar-refractivity contribution is -0.136. The van der Waals surface area contributed by atoms with E-state index in [0.717, 1.165) is 43.2 Å². The number of hydrogen-bond acceptors (Lipinski definition) is 4. The van der Waals surface area contributed by atoms with E-state index in [1.165, 1.54) is 12.1 Å². The van der Waals surface area contributed by atoms with E-state index in [9.17, 15) is 13.2 Å². The van der Waals surface area contributed by atoms with E-state index in [-0.39, 0.29) is 16.7 Å². The number of hydrogen-bond donors (Lipinski definition) is 3. The molecule has 0 saturated heterocycles. The van der Waals surface area contributed by atoms with E-state index in [1.54, 1.807) is 12.1 Å². The molecule has 0 heterocycles. The molecule has 2 aromatic carbocycles. The van der Waals surface area contributed by atoms with Crippen LogP contribution in [0.25, 0.3) is 0 Å². The van der Waals surface area contributed by atoms with Gasteiger partial charge in [0.25, 0.3) is 0 Å². The Morgan fingerprint density at radius 3 is 2.14 bits per heavy atom. The highest BCUT2D eigenvalue weighted by Gasteiger charge is 2.35. The molecule has 6 nitrogen and oxygen atoms in total. The minimum absolute atomic E-state index is 0.00676. The van der Waals surface area contributed by atoms with Crippen LogP contribution in [0, 0.1) is 5.41 Å². The van der Waals surface area contributed by atoms with Gasteiger partial charge in [-0.2, -0.15) is 0 Å². The molecule has 7 heteroatoms. The third-order valence-electron chi connectivity index (χ3n) is 5.45. The van der Waals surface area contributed by atoms with Crippen molar-refractivity contribution in [2.75, 3.05) is 12.3 Å². The van der Waals surface area contributed by atoms with Crippen molar-refractivity contribution in [3.63, 3.8) is 0 Å². The second-order valence-electron chi connectivity index (χ2n) is 7.66. The van der Waals surface area contributed by atoms with Crippen molar-refractivity contribution < 1.29 is 18.3 Å². The van der Waals surface area contributed by atoms with Crippen LogP contribution in [0.1, 0.15) is 36.8 Å². The summed E-state index contributed by atoms with van der Waals surface area (Å²) >= 11 is 0. The van der Waals surface area contributed by atoms with Crippen molar-refractivity contribution >= 4 is 21.7 Å². The van der Waals surface area contributed by atoms with E-state index < -0.39 is 16.0 Å². The Labute approximate surface area is 165 Å². The minimum Gasteiger partial charge on any atom is -0.481 e. The highest BCUT2D eigenvalue weighted by atomic mass is 32.2. The van der Waals surface area contributed by atoms with Gasteiger partial charge in [-0.15, -0.1) is 0 Å². The number of nitrogen functional groups attached to an aromatic ring is 1. The summed E-state index contributed by atoms with van der Waals surface area (Å²) in [6.07, 6.45) is 4.88. The summed E-state index contributed by atoms with van der Waals surface area (Å²) in [5.74, 6) is -0.850. The van der Waals surface area contributed by atoms with Crippen LogP contribution in [0.5, 0.6) is 0 Å². The van der Waals surface area contributed by atoms with Crippen LogP contribution in [0.2, 0.25) is 0 Å². The Morgan fingerprint density at radius 2 is 1.57 bits per heavy atom. The second kappa shape index (κ2) is 8.32. The Hall–Kier alpha value is -2.38. The first-order valence-corrected chi connectivity index (χ1v) is 10.9. The van der Waals surface area contributed by atoms with Gasteiger partial charge in [-0.3, -0.25) is 4.79 Å². The van der Waals surface area contributed by atoms with Gasteiger partial charge >= 0.3 is 5.97 Å². The molecule has 2 aromatic rings. The van der Waals surface area contributed by atoms with E-state index in [0.29, 0.717) is 12.2 Å². The first kappa shape index (κ1) is 20.4.